The van der Waals surface area contributed by atoms with Gasteiger partial charge in [0.25, 0.3) is 0 Å². The molecule has 0 radical (unpaired) electrons. The van der Waals surface area contributed by atoms with E-state index in [1.807, 2.05) is 17.9 Å². The predicted octanol–water partition coefficient (Wildman–Crippen LogP) is 0.905. The molecule has 21 heavy (non-hydrogen) atoms. The lowest BCUT2D eigenvalue weighted by Gasteiger charge is -2.15. The minimum atomic E-state index is 0.369. The Balaban J connectivity index is 1.54. The number of ether oxygens (including phenoxy) is 1. The summed E-state index contributed by atoms with van der Waals surface area (Å²) in [6, 6.07) is 2.11. The van der Waals surface area contributed by atoms with Crippen molar-refractivity contribution < 1.29 is 4.74 Å². The van der Waals surface area contributed by atoms with Crippen molar-refractivity contribution in [2.24, 2.45) is 7.05 Å². The van der Waals surface area contributed by atoms with Gasteiger partial charge >= 0.3 is 0 Å². The third-order valence-corrected chi connectivity index (χ3v) is 3.61. The quantitative estimate of drug-likeness (QED) is 0.882. The van der Waals surface area contributed by atoms with Gasteiger partial charge in [-0.05, 0) is 6.42 Å². The third-order valence-electron chi connectivity index (χ3n) is 3.61. The van der Waals surface area contributed by atoms with Gasteiger partial charge in [-0.25, -0.2) is 4.98 Å². The summed E-state index contributed by atoms with van der Waals surface area (Å²) < 4.78 is 6.95. The molecule has 2 aromatic rings. The van der Waals surface area contributed by atoms with Gasteiger partial charge in [-0.3, -0.25) is 9.58 Å². The largest absolute Gasteiger partial charge is 0.481 e. The Kier molecular flexibility index (Phi) is 4.01. The maximum Gasteiger partial charge on any atom is 0.226 e. The molecule has 112 valence electrons. The summed E-state index contributed by atoms with van der Waals surface area (Å²) in [7, 11) is 3.55. The smallest absolute Gasteiger partial charge is 0.226 e. The molecule has 7 nitrogen and oxygen atoms in total. The number of methoxy groups -OCH3 is 1. The van der Waals surface area contributed by atoms with Crippen LogP contribution in [-0.2, 0) is 13.6 Å². The maximum absolute atomic E-state index is 5.11. The van der Waals surface area contributed by atoms with Crippen molar-refractivity contribution in [2.75, 3.05) is 25.5 Å². The molecule has 0 amide bonds. The first-order chi connectivity index (χ1) is 10.2. The van der Waals surface area contributed by atoms with E-state index >= 15 is 0 Å². The monoisotopic (exact) mass is 288 g/mol. The molecule has 1 unspecified atom stereocenters. The van der Waals surface area contributed by atoms with Crippen LogP contribution in [0, 0.1) is 0 Å². The number of hydrogen-bond donors (Lipinski definition) is 1. The van der Waals surface area contributed by atoms with Crippen LogP contribution in [0.3, 0.4) is 0 Å². The van der Waals surface area contributed by atoms with E-state index in [4.69, 9.17) is 4.74 Å². The van der Waals surface area contributed by atoms with Crippen molar-refractivity contribution in [3.63, 3.8) is 0 Å². The lowest BCUT2D eigenvalue weighted by Crippen LogP contribution is -2.26. The van der Waals surface area contributed by atoms with Crippen LogP contribution >= 0.6 is 0 Å². The molecule has 1 atom stereocenters. The Morgan fingerprint density at radius 1 is 1.48 bits per heavy atom. The number of aryl methyl sites for hydroxylation is 1. The molecule has 0 bridgehead atoms. The van der Waals surface area contributed by atoms with Gasteiger partial charge < -0.3 is 10.1 Å². The van der Waals surface area contributed by atoms with Gasteiger partial charge in [-0.2, -0.15) is 10.1 Å². The Morgan fingerprint density at radius 3 is 3.14 bits per heavy atom. The highest BCUT2D eigenvalue weighted by Crippen LogP contribution is 2.16. The van der Waals surface area contributed by atoms with Crippen LogP contribution in [0.2, 0.25) is 0 Å². The van der Waals surface area contributed by atoms with Crippen molar-refractivity contribution in [1.29, 1.82) is 0 Å². The lowest BCUT2D eigenvalue weighted by molar-refractivity contribution is 0.328. The molecule has 1 saturated heterocycles. The van der Waals surface area contributed by atoms with E-state index in [1.165, 1.54) is 5.56 Å². The first-order valence-corrected chi connectivity index (χ1v) is 7.06. The van der Waals surface area contributed by atoms with Gasteiger partial charge in [0.2, 0.25) is 11.8 Å². The molecule has 1 aliphatic heterocycles. The van der Waals surface area contributed by atoms with Crippen molar-refractivity contribution in [3.05, 3.63) is 30.2 Å². The number of rotatable bonds is 5. The van der Waals surface area contributed by atoms with Gasteiger partial charge in [-0.15, -0.1) is 0 Å². The minimum absolute atomic E-state index is 0.369. The predicted molar refractivity (Wildman–Crippen MR) is 79.1 cm³/mol. The molecule has 0 spiro atoms. The van der Waals surface area contributed by atoms with E-state index < -0.39 is 0 Å². The number of aromatic nitrogens is 4. The van der Waals surface area contributed by atoms with E-state index in [2.05, 4.69) is 31.5 Å². The summed E-state index contributed by atoms with van der Waals surface area (Å²) in [5.74, 6) is 1.21. The molecule has 0 aromatic carbocycles. The zero-order chi connectivity index (χ0) is 14.7. The zero-order valence-electron chi connectivity index (χ0n) is 12.4. The van der Waals surface area contributed by atoms with E-state index in [9.17, 15) is 0 Å². The summed E-state index contributed by atoms with van der Waals surface area (Å²) in [4.78, 5) is 10.9. The first kappa shape index (κ1) is 13.8. The molecular weight excluding hydrogens is 268 g/mol. The first-order valence-electron chi connectivity index (χ1n) is 7.06. The SMILES string of the molecule is COc1ccnc(NC2CCN(Cc3cnn(C)c3)C2)n1. The standard InChI is InChI=1S/C14H20N6O/c1-19-8-11(7-16-19)9-20-6-4-12(10-20)17-14-15-5-3-13(18-14)21-2/h3,5,7-8,12H,4,6,9-10H2,1-2H3,(H,15,17,18). The topological polar surface area (TPSA) is 68.1 Å². The van der Waals surface area contributed by atoms with Crippen LogP contribution in [-0.4, -0.2) is 50.9 Å². The number of likely N-dealkylation sites (tertiary alicyclic amines) is 1. The van der Waals surface area contributed by atoms with Crippen LogP contribution in [0.1, 0.15) is 12.0 Å². The average Bonchev–Trinajstić information content (AvgIpc) is 3.09. The van der Waals surface area contributed by atoms with Crippen molar-refractivity contribution >= 4 is 5.95 Å². The third kappa shape index (κ3) is 3.49. The van der Waals surface area contributed by atoms with Gasteiger partial charge in [0.1, 0.15) is 0 Å². The molecule has 7 heteroatoms. The second kappa shape index (κ2) is 6.09. The highest BCUT2D eigenvalue weighted by atomic mass is 16.5. The number of anilines is 1. The summed E-state index contributed by atoms with van der Waals surface area (Å²) in [6.07, 6.45) is 6.77. The van der Waals surface area contributed by atoms with Gasteiger partial charge in [0.05, 0.1) is 13.3 Å². The summed E-state index contributed by atoms with van der Waals surface area (Å²) in [6.45, 7) is 2.98. The molecular formula is C14H20N6O. The molecule has 2 aromatic heterocycles. The van der Waals surface area contributed by atoms with Crippen molar-refractivity contribution in [1.82, 2.24) is 24.6 Å². The number of hydrogen-bond acceptors (Lipinski definition) is 6. The summed E-state index contributed by atoms with van der Waals surface area (Å²) in [5.41, 5.74) is 1.25. The van der Waals surface area contributed by atoms with Crippen molar-refractivity contribution in [3.8, 4) is 5.88 Å². The zero-order valence-corrected chi connectivity index (χ0v) is 12.4. The molecule has 3 rings (SSSR count). The number of nitrogens with zero attached hydrogens (tertiary/aromatic N) is 5. The van der Waals surface area contributed by atoms with E-state index in [0.29, 0.717) is 17.9 Å². The molecule has 3 heterocycles. The molecule has 0 aliphatic carbocycles. The second-order valence-electron chi connectivity index (χ2n) is 5.31. The average molecular weight is 288 g/mol. The maximum atomic E-state index is 5.11. The van der Waals surface area contributed by atoms with Crippen LogP contribution in [0.4, 0.5) is 5.95 Å². The Bertz CT molecular complexity index is 599. The Hall–Kier alpha value is -2.15. The van der Waals surface area contributed by atoms with E-state index in [0.717, 1.165) is 26.1 Å². The minimum Gasteiger partial charge on any atom is -0.481 e. The fourth-order valence-electron chi connectivity index (χ4n) is 2.61. The normalized spacial score (nSPS) is 18.9. The van der Waals surface area contributed by atoms with Gasteiger partial charge in [0.15, 0.2) is 0 Å². The van der Waals surface area contributed by atoms with Crippen LogP contribution in [0.5, 0.6) is 5.88 Å². The highest BCUT2D eigenvalue weighted by molar-refractivity contribution is 5.29. The second-order valence-corrected chi connectivity index (χ2v) is 5.31. The molecule has 1 N–H and O–H groups in total. The van der Waals surface area contributed by atoms with Gasteiger partial charge in [-0.1, -0.05) is 0 Å². The van der Waals surface area contributed by atoms with Crippen molar-refractivity contribution in [2.45, 2.75) is 19.0 Å². The summed E-state index contributed by atoms with van der Waals surface area (Å²) >= 11 is 0. The Morgan fingerprint density at radius 2 is 2.38 bits per heavy atom. The van der Waals surface area contributed by atoms with Crippen LogP contribution in [0.15, 0.2) is 24.7 Å². The highest BCUT2D eigenvalue weighted by Gasteiger charge is 2.23. The Labute approximate surface area is 124 Å². The van der Waals surface area contributed by atoms with Gasteiger partial charge in [0, 0.05) is 56.7 Å². The van der Waals surface area contributed by atoms with Crippen LogP contribution in [0.25, 0.3) is 0 Å². The van der Waals surface area contributed by atoms with E-state index in [1.54, 1.807) is 19.4 Å². The fraction of sp³-hybridized carbons (Fsp3) is 0.500. The molecule has 0 saturated carbocycles. The lowest BCUT2D eigenvalue weighted by atomic mass is 10.3. The number of nitrogens with one attached hydrogen (secondary N) is 1. The summed E-state index contributed by atoms with van der Waals surface area (Å²) in [5, 5.41) is 7.58. The van der Waals surface area contributed by atoms with Crippen LogP contribution < -0.4 is 10.1 Å². The fourth-order valence-corrected chi connectivity index (χ4v) is 2.61. The molecule has 1 aliphatic rings. The van der Waals surface area contributed by atoms with E-state index in [-0.39, 0.29) is 0 Å². The molecule has 1 fully saturated rings.